The van der Waals surface area contributed by atoms with Gasteiger partial charge in [0.25, 0.3) is 0 Å². The summed E-state index contributed by atoms with van der Waals surface area (Å²) < 4.78 is 0. The predicted octanol–water partition coefficient (Wildman–Crippen LogP) is 1.76. The van der Waals surface area contributed by atoms with E-state index in [1.165, 1.54) is 32.4 Å². The molecule has 2 heteroatoms. The zero-order valence-corrected chi connectivity index (χ0v) is 9.82. The van der Waals surface area contributed by atoms with Crippen LogP contribution in [0, 0.1) is 11.3 Å². The van der Waals surface area contributed by atoms with Gasteiger partial charge in [0.15, 0.2) is 0 Å². The SMILES string of the molecule is CC1(CNCC2CC2(C)C)CCCN1. The normalized spacial score (nSPS) is 40.1. The first-order chi connectivity index (χ1) is 6.52. The van der Waals surface area contributed by atoms with Crippen molar-refractivity contribution in [1.29, 1.82) is 0 Å². The first-order valence-corrected chi connectivity index (χ1v) is 5.98. The van der Waals surface area contributed by atoms with Gasteiger partial charge in [-0.3, -0.25) is 0 Å². The topological polar surface area (TPSA) is 24.1 Å². The van der Waals surface area contributed by atoms with Crippen molar-refractivity contribution in [2.24, 2.45) is 11.3 Å². The van der Waals surface area contributed by atoms with Crippen molar-refractivity contribution in [2.45, 2.75) is 45.6 Å². The summed E-state index contributed by atoms with van der Waals surface area (Å²) in [4.78, 5) is 0. The number of hydrogen-bond donors (Lipinski definition) is 2. The minimum Gasteiger partial charge on any atom is -0.315 e. The highest BCUT2D eigenvalue weighted by Crippen LogP contribution is 2.50. The van der Waals surface area contributed by atoms with Gasteiger partial charge in [-0.25, -0.2) is 0 Å². The van der Waals surface area contributed by atoms with Gasteiger partial charge in [-0.05, 0) is 50.6 Å². The van der Waals surface area contributed by atoms with Crippen LogP contribution in [0.2, 0.25) is 0 Å². The van der Waals surface area contributed by atoms with E-state index in [0.717, 1.165) is 12.5 Å². The molecule has 1 saturated heterocycles. The second-order valence-electron chi connectivity index (χ2n) is 6.11. The van der Waals surface area contributed by atoms with E-state index in [-0.39, 0.29) is 0 Å². The van der Waals surface area contributed by atoms with E-state index >= 15 is 0 Å². The molecule has 82 valence electrons. The highest BCUT2D eigenvalue weighted by atomic mass is 15.1. The van der Waals surface area contributed by atoms with Crippen LogP contribution in [0.5, 0.6) is 0 Å². The van der Waals surface area contributed by atoms with Gasteiger partial charge in [0, 0.05) is 12.1 Å². The Kier molecular flexibility index (Phi) is 2.61. The molecule has 2 atom stereocenters. The van der Waals surface area contributed by atoms with Gasteiger partial charge >= 0.3 is 0 Å². The van der Waals surface area contributed by atoms with Crippen LogP contribution in [0.3, 0.4) is 0 Å². The van der Waals surface area contributed by atoms with Gasteiger partial charge in [-0.1, -0.05) is 13.8 Å². The first-order valence-electron chi connectivity index (χ1n) is 5.98. The summed E-state index contributed by atoms with van der Waals surface area (Å²) in [6.07, 6.45) is 4.07. The molecule has 2 fully saturated rings. The van der Waals surface area contributed by atoms with Crippen LogP contribution in [0.4, 0.5) is 0 Å². The van der Waals surface area contributed by atoms with Crippen LogP contribution in [0.1, 0.15) is 40.0 Å². The van der Waals surface area contributed by atoms with Crippen molar-refractivity contribution >= 4 is 0 Å². The number of hydrogen-bond acceptors (Lipinski definition) is 2. The maximum atomic E-state index is 3.62. The lowest BCUT2D eigenvalue weighted by Gasteiger charge is -2.24. The Bertz CT molecular complexity index is 204. The molecule has 0 aromatic carbocycles. The molecular formula is C12H24N2. The Labute approximate surface area is 87.8 Å². The van der Waals surface area contributed by atoms with Crippen molar-refractivity contribution in [2.75, 3.05) is 19.6 Å². The Hall–Kier alpha value is -0.0800. The van der Waals surface area contributed by atoms with Gasteiger partial charge in [0.2, 0.25) is 0 Å². The fourth-order valence-electron chi connectivity index (χ4n) is 2.55. The van der Waals surface area contributed by atoms with E-state index in [4.69, 9.17) is 0 Å². The third-order valence-corrected chi connectivity index (χ3v) is 4.08. The third kappa shape index (κ3) is 2.29. The maximum Gasteiger partial charge on any atom is 0.0278 e. The Balaban J connectivity index is 1.63. The van der Waals surface area contributed by atoms with Gasteiger partial charge in [-0.15, -0.1) is 0 Å². The molecule has 2 N–H and O–H groups in total. The molecule has 1 saturated carbocycles. The van der Waals surface area contributed by atoms with Crippen LogP contribution < -0.4 is 10.6 Å². The van der Waals surface area contributed by atoms with Crippen LogP contribution in [0.15, 0.2) is 0 Å². The number of rotatable bonds is 4. The molecule has 1 heterocycles. The van der Waals surface area contributed by atoms with Crippen molar-refractivity contribution in [3.05, 3.63) is 0 Å². The van der Waals surface area contributed by atoms with Crippen LogP contribution >= 0.6 is 0 Å². The summed E-state index contributed by atoms with van der Waals surface area (Å²) in [6.45, 7) is 10.6. The summed E-state index contributed by atoms with van der Waals surface area (Å²) >= 11 is 0. The molecule has 2 aliphatic rings. The molecule has 0 radical (unpaired) electrons. The summed E-state index contributed by atoms with van der Waals surface area (Å²) in [5.41, 5.74) is 0.996. The average Bonchev–Trinajstić information content (AvgIpc) is 2.54. The lowest BCUT2D eigenvalue weighted by Crippen LogP contribution is -2.46. The molecule has 0 bridgehead atoms. The standard InChI is InChI=1S/C12H24N2/c1-11(2)7-10(11)8-13-9-12(3)5-4-6-14-12/h10,13-14H,4-9H2,1-3H3. The quantitative estimate of drug-likeness (QED) is 0.716. The molecule has 0 spiro atoms. The smallest absolute Gasteiger partial charge is 0.0278 e. The molecule has 0 aromatic heterocycles. The molecule has 0 aromatic rings. The predicted molar refractivity (Wildman–Crippen MR) is 60.4 cm³/mol. The number of nitrogens with one attached hydrogen (secondary N) is 2. The summed E-state index contributed by atoms with van der Waals surface area (Å²) in [7, 11) is 0. The lowest BCUT2D eigenvalue weighted by atomic mass is 10.0. The molecule has 14 heavy (non-hydrogen) atoms. The van der Waals surface area contributed by atoms with Crippen LogP contribution in [-0.2, 0) is 0 Å². The van der Waals surface area contributed by atoms with Gasteiger partial charge in [-0.2, -0.15) is 0 Å². The largest absolute Gasteiger partial charge is 0.315 e. The van der Waals surface area contributed by atoms with Crippen LogP contribution in [0.25, 0.3) is 0 Å². The minimum atomic E-state index is 0.374. The van der Waals surface area contributed by atoms with E-state index in [2.05, 4.69) is 31.4 Å². The lowest BCUT2D eigenvalue weighted by molar-refractivity contribution is 0.376. The zero-order valence-electron chi connectivity index (χ0n) is 9.82. The molecule has 1 aliphatic heterocycles. The van der Waals surface area contributed by atoms with Crippen molar-refractivity contribution in [3.63, 3.8) is 0 Å². The minimum absolute atomic E-state index is 0.374. The Morgan fingerprint density at radius 2 is 2.07 bits per heavy atom. The zero-order chi connectivity index (χ0) is 10.2. The second kappa shape index (κ2) is 3.49. The summed E-state index contributed by atoms with van der Waals surface area (Å²) in [5.74, 6) is 0.924. The Morgan fingerprint density at radius 1 is 1.36 bits per heavy atom. The van der Waals surface area contributed by atoms with E-state index < -0.39 is 0 Å². The van der Waals surface area contributed by atoms with E-state index in [9.17, 15) is 0 Å². The fraction of sp³-hybridized carbons (Fsp3) is 1.00. The highest BCUT2D eigenvalue weighted by molar-refractivity contribution is 4.97. The van der Waals surface area contributed by atoms with Crippen molar-refractivity contribution in [1.82, 2.24) is 10.6 Å². The van der Waals surface area contributed by atoms with Crippen molar-refractivity contribution < 1.29 is 0 Å². The van der Waals surface area contributed by atoms with Gasteiger partial charge in [0.1, 0.15) is 0 Å². The fourth-order valence-corrected chi connectivity index (χ4v) is 2.55. The van der Waals surface area contributed by atoms with E-state index in [1.54, 1.807) is 0 Å². The first kappa shape index (κ1) is 10.4. The maximum absolute atomic E-state index is 3.62. The molecule has 2 nitrogen and oxygen atoms in total. The molecule has 2 unspecified atom stereocenters. The molecular weight excluding hydrogens is 172 g/mol. The van der Waals surface area contributed by atoms with Crippen molar-refractivity contribution in [3.8, 4) is 0 Å². The molecule has 1 aliphatic carbocycles. The van der Waals surface area contributed by atoms with E-state index in [1.807, 2.05) is 0 Å². The molecule has 2 rings (SSSR count). The average molecular weight is 196 g/mol. The molecule has 0 amide bonds. The van der Waals surface area contributed by atoms with Crippen LogP contribution in [-0.4, -0.2) is 25.2 Å². The summed E-state index contributed by atoms with van der Waals surface area (Å²) in [5, 5.41) is 7.21. The van der Waals surface area contributed by atoms with Gasteiger partial charge in [0.05, 0.1) is 0 Å². The third-order valence-electron chi connectivity index (χ3n) is 4.08. The van der Waals surface area contributed by atoms with Gasteiger partial charge < -0.3 is 10.6 Å². The van der Waals surface area contributed by atoms with E-state index in [0.29, 0.717) is 11.0 Å². The second-order valence-corrected chi connectivity index (χ2v) is 6.11. The monoisotopic (exact) mass is 196 g/mol. The highest BCUT2D eigenvalue weighted by Gasteiger charge is 2.45. The summed E-state index contributed by atoms with van der Waals surface area (Å²) in [6, 6.07) is 0. The Morgan fingerprint density at radius 3 is 2.57 bits per heavy atom.